The maximum atomic E-state index is 13.3. The summed E-state index contributed by atoms with van der Waals surface area (Å²) in [4.78, 5) is 52.8. The SMILES string of the molecule is CC1OC(OC(=O)c2ccccc2)[C@H](OC(=O)c2ccccc2)[C@@H](OC(=O)c2ccccc2)[C@@H]1OC(=O)c1ccccc1. The second-order valence-corrected chi connectivity index (χ2v) is 9.69. The van der Waals surface area contributed by atoms with Crippen LogP contribution in [0.2, 0.25) is 0 Å². The van der Waals surface area contributed by atoms with Crippen molar-refractivity contribution in [2.75, 3.05) is 0 Å². The number of rotatable bonds is 8. The first-order valence-electron chi connectivity index (χ1n) is 13.6. The van der Waals surface area contributed by atoms with Gasteiger partial charge in [0.05, 0.1) is 28.4 Å². The van der Waals surface area contributed by atoms with E-state index in [9.17, 15) is 19.2 Å². The summed E-state index contributed by atoms with van der Waals surface area (Å²) < 4.78 is 29.2. The van der Waals surface area contributed by atoms with Gasteiger partial charge >= 0.3 is 23.9 Å². The van der Waals surface area contributed by atoms with Gasteiger partial charge in [0, 0.05) is 0 Å². The maximum absolute atomic E-state index is 13.3. The summed E-state index contributed by atoms with van der Waals surface area (Å²) in [5.74, 6) is -3.03. The van der Waals surface area contributed by atoms with Crippen LogP contribution in [-0.2, 0) is 23.7 Å². The minimum Gasteiger partial charge on any atom is -0.452 e. The van der Waals surface area contributed by atoms with E-state index >= 15 is 0 Å². The van der Waals surface area contributed by atoms with Crippen molar-refractivity contribution >= 4 is 23.9 Å². The highest BCUT2D eigenvalue weighted by Gasteiger charge is 2.53. The number of hydrogen-bond donors (Lipinski definition) is 0. The number of hydrogen-bond acceptors (Lipinski definition) is 9. The van der Waals surface area contributed by atoms with Crippen molar-refractivity contribution in [2.45, 2.75) is 37.6 Å². The summed E-state index contributed by atoms with van der Waals surface area (Å²) >= 11 is 0. The molecule has 2 unspecified atom stereocenters. The quantitative estimate of drug-likeness (QED) is 0.203. The van der Waals surface area contributed by atoms with Gasteiger partial charge in [-0.2, -0.15) is 0 Å². The lowest BCUT2D eigenvalue weighted by Crippen LogP contribution is -2.61. The predicted octanol–water partition coefficient (Wildman–Crippen LogP) is 5.27. The molecule has 0 aromatic heterocycles. The fourth-order valence-electron chi connectivity index (χ4n) is 4.54. The zero-order valence-electron chi connectivity index (χ0n) is 23.1. The van der Waals surface area contributed by atoms with Gasteiger partial charge in [-0.05, 0) is 55.5 Å². The smallest absolute Gasteiger partial charge is 0.340 e. The van der Waals surface area contributed by atoms with Crippen LogP contribution in [0.25, 0.3) is 0 Å². The molecule has 9 heteroatoms. The van der Waals surface area contributed by atoms with Crippen molar-refractivity contribution in [3.63, 3.8) is 0 Å². The summed E-state index contributed by atoms with van der Waals surface area (Å²) in [5, 5.41) is 0. The van der Waals surface area contributed by atoms with Gasteiger partial charge in [-0.1, -0.05) is 72.8 Å². The Bertz CT molecular complexity index is 1540. The molecular formula is C34H28O9. The zero-order valence-corrected chi connectivity index (χ0v) is 23.1. The van der Waals surface area contributed by atoms with E-state index in [-0.39, 0.29) is 22.3 Å². The third-order valence-corrected chi connectivity index (χ3v) is 6.72. The van der Waals surface area contributed by atoms with E-state index in [2.05, 4.69) is 0 Å². The highest BCUT2D eigenvalue weighted by atomic mass is 16.7. The third kappa shape index (κ3) is 7.14. The number of carbonyl (C=O) groups is 4. The van der Waals surface area contributed by atoms with Crippen molar-refractivity contribution < 1.29 is 42.9 Å². The molecule has 1 heterocycles. The molecule has 9 nitrogen and oxygen atoms in total. The molecule has 0 saturated carbocycles. The van der Waals surface area contributed by atoms with Gasteiger partial charge in [-0.25, -0.2) is 19.2 Å². The van der Waals surface area contributed by atoms with E-state index in [4.69, 9.17) is 23.7 Å². The molecule has 218 valence electrons. The van der Waals surface area contributed by atoms with Crippen LogP contribution in [-0.4, -0.2) is 54.6 Å². The molecule has 0 spiro atoms. The Balaban J connectivity index is 1.51. The fraction of sp³-hybridized carbons (Fsp3) is 0.176. The minimum atomic E-state index is -1.52. The first kappa shape index (κ1) is 29.2. The van der Waals surface area contributed by atoms with Gasteiger partial charge in [0.25, 0.3) is 0 Å². The van der Waals surface area contributed by atoms with Gasteiger partial charge in [0.2, 0.25) is 12.4 Å². The lowest BCUT2D eigenvalue weighted by molar-refractivity contribution is -0.274. The van der Waals surface area contributed by atoms with E-state index in [1.165, 1.54) is 12.1 Å². The highest BCUT2D eigenvalue weighted by molar-refractivity contribution is 5.92. The molecule has 0 amide bonds. The van der Waals surface area contributed by atoms with Gasteiger partial charge in [0.15, 0.2) is 12.2 Å². The van der Waals surface area contributed by atoms with Crippen molar-refractivity contribution in [3.8, 4) is 0 Å². The number of esters is 4. The van der Waals surface area contributed by atoms with Crippen LogP contribution in [0, 0.1) is 0 Å². The summed E-state index contributed by atoms with van der Waals surface area (Å²) in [6.07, 6.45) is -6.67. The molecule has 4 aromatic rings. The summed E-state index contributed by atoms with van der Waals surface area (Å²) in [6, 6.07) is 32.7. The van der Waals surface area contributed by atoms with Crippen molar-refractivity contribution in [1.82, 2.24) is 0 Å². The Labute approximate surface area is 247 Å². The molecule has 0 aliphatic carbocycles. The molecule has 5 rings (SSSR count). The van der Waals surface area contributed by atoms with Crippen LogP contribution in [0.5, 0.6) is 0 Å². The summed E-state index contributed by atoms with van der Waals surface area (Å²) in [6.45, 7) is 1.57. The monoisotopic (exact) mass is 580 g/mol. The van der Waals surface area contributed by atoms with E-state index in [0.717, 1.165) is 0 Å². The van der Waals surface area contributed by atoms with Gasteiger partial charge in [-0.15, -0.1) is 0 Å². The number of ether oxygens (including phenoxy) is 5. The molecule has 43 heavy (non-hydrogen) atoms. The van der Waals surface area contributed by atoms with E-state index in [1.807, 2.05) is 0 Å². The first-order chi connectivity index (χ1) is 20.9. The lowest BCUT2D eigenvalue weighted by atomic mass is 9.98. The zero-order chi connectivity index (χ0) is 30.2. The second kappa shape index (κ2) is 13.6. The molecule has 1 saturated heterocycles. The average Bonchev–Trinajstić information content (AvgIpc) is 3.05. The Hall–Kier alpha value is -5.28. The minimum absolute atomic E-state index is 0.195. The molecule has 0 N–H and O–H groups in total. The molecular weight excluding hydrogens is 552 g/mol. The van der Waals surface area contributed by atoms with Crippen LogP contribution in [0.3, 0.4) is 0 Å². The number of carbonyl (C=O) groups excluding carboxylic acids is 4. The Morgan fingerprint density at radius 2 is 0.744 bits per heavy atom. The van der Waals surface area contributed by atoms with E-state index in [0.29, 0.717) is 0 Å². The van der Waals surface area contributed by atoms with E-state index < -0.39 is 54.6 Å². The molecule has 1 fully saturated rings. The van der Waals surface area contributed by atoms with Crippen molar-refractivity contribution in [3.05, 3.63) is 144 Å². The predicted molar refractivity (Wildman–Crippen MR) is 153 cm³/mol. The summed E-state index contributed by atoms with van der Waals surface area (Å²) in [7, 11) is 0. The highest BCUT2D eigenvalue weighted by Crippen LogP contribution is 2.31. The lowest BCUT2D eigenvalue weighted by Gasteiger charge is -2.43. The Morgan fingerprint density at radius 1 is 0.442 bits per heavy atom. The van der Waals surface area contributed by atoms with Crippen LogP contribution >= 0.6 is 0 Å². The second-order valence-electron chi connectivity index (χ2n) is 9.69. The van der Waals surface area contributed by atoms with Crippen LogP contribution in [0.15, 0.2) is 121 Å². The molecule has 4 aromatic carbocycles. The normalized spacial score (nSPS) is 21.2. The standard InChI is InChI=1S/C34H28O9/c1-22-27(40-30(35)23-14-6-2-7-15-23)28(41-31(36)24-16-8-3-9-17-24)29(42-32(37)25-18-10-4-11-19-25)34(39-22)43-33(38)26-20-12-5-13-21-26/h2-22,27-29,34H,1H3/t22?,27-,28+,29-,34?/m1/s1. The molecule has 1 aliphatic rings. The molecule has 0 radical (unpaired) electrons. The fourth-order valence-corrected chi connectivity index (χ4v) is 4.54. The van der Waals surface area contributed by atoms with Gasteiger partial charge < -0.3 is 23.7 Å². The molecule has 5 atom stereocenters. The van der Waals surface area contributed by atoms with Crippen molar-refractivity contribution in [1.29, 1.82) is 0 Å². The topological polar surface area (TPSA) is 114 Å². The van der Waals surface area contributed by atoms with Gasteiger partial charge in [0.1, 0.15) is 0 Å². The first-order valence-corrected chi connectivity index (χ1v) is 13.6. The molecule has 1 aliphatic heterocycles. The largest absolute Gasteiger partial charge is 0.452 e. The molecule has 0 bridgehead atoms. The van der Waals surface area contributed by atoms with E-state index in [1.54, 1.807) is 116 Å². The summed E-state index contributed by atoms with van der Waals surface area (Å²) in [5.41, 5.74) is 0.876. The number of benzene rings is 4. The third-order valence-electron chi connectivity index (χ3n) is 6.72. The van der Waals surface area contributed by atoms with Gasteiger partial charge in [-0.3, -0.25) is 0 Å². The van der Waals surface area contributed by atoms with Crippen LogP contribution in [0.4, 0.5) is 0 Å². The van der Waals surface area contributed by atoms with Crippen LogP contribution < -0.4 is 0 Å². The van der Waals surface area contributed by atoms with Crippen molar-refractivity contribution in [2.24, 2.45) is 0 Å². The Morgan fingerprint density at radius 3 is 1.12 bits per heavy atom. The maximum Gasteiger partial charge on any atom is 0.340 e. The average molecular weight is 581 g/mol. The van der Waals surface area contributed by atoms with Crippen LogP contribution in [0.1, 0.15) is 48.4 Å². The Kier molecular flexibility index (Phi) is 9.23.